The molecule has 1 saturated heterocycles. The first-order valence-electron chi connectivity index (χ1n) is 9.23. The number of aliphatic imine (C=N–C) groups is 1. The van der Waals surface area contributed by atoms with Crippen LogP contribution in [0.4, 0.5) is 0 Å². The Balaban J connectivity index is 1.62. The minimum Gasteiger partial charge on any atom is -0.497 e. The Morgan fingerprint density at radius 1 is 1.30 bits per heavy atom. The molecule has 8 heteroatoms. The van der Waals surface area contributed by atoms with Crippen LogP contribution in [0.1, 0.15) is 23.6 Å². The lowest BCUT2D eigenvalue weighted by Crippen LogP contribution is -2.40. The fourth-order valence-corrected chi connectivity index (χ4v) is 2.83. The summed E-state index contributed by atoms with van der Waals surface area (Å²) in [5.74, 6) is 3.89. The Morgan fingerprint density at radius 3 is 2.74 bits per heavy atom. The lowest BCUT2D eigenvalue weighted by molar-refractivity contribution is 0.186. The van der Waals surface area contributed by atoms with Gasteiger partial charge in [-0.2, -0.15) is 0 Å². The second-order valence-corrected chi connectivity index (χ2v) is 6.70. The smallest absolute Gasteiger partial charge is 0.191 e. The van der Waals surface area contributed by atoms with Gasteiger partial charge in [-0.25, -0.2) is 4.99 Å². The summed E-state index contributed by atoms with van der Waals surface area (Å²) in [4.78, 5) is 4.72. The molecule has 1 aliphatic rings. The van der Waals surface area contributed by atoms with Gasteiger partial charge in [-0.1, -0.05) is 12.1 Å². The number of hydrogen-bond donors (Lipinski definition) is 2. The molecule has 1 atom stereocenters. The van der Waals surface area contributed by atoms with Crippen LogP contribution < -0.4 is 15.4 Å². The Bertz CT molecular complexity index is 750. The van der Waals surface area contributed by atoms with Crippen molar-refractivity contribution in [1.29, 1.82) is 0 Å². The summed E-state index contributed by atoms with van der Waals surface area (Å²) in [5, 5.41) is 15.1. The molecule has 0 bridgehead atoms. The average molecular weight is 372 g/mol. The molecule has 1 fully saturated rings. The van der Waals surface area contributed by atoms with E-state index in [2.05, 4.69) is 20.8 Å². The monoisotopic (exact) mass is 372 g/mol. The third-order valence-corrected chi connectivity index (χ3v) is 4.76. The van der Waals surface area contributed by atoms with Crippen molar-refractivity contribution in [1.82, 2.24) is 25.4 Å². The topological polar surface area (TPSA) is 85.6 Å². The quantitative estimate of drug-likeness (QED) is 0.565. The molecule has 0 radical (unpaired) electrons. The van der Waals surface area contributed by atoms with E-state index in [0.717, 1.165) is 55.1 Å². The maximum absolute atomic E-state index is 5.45. The fraction of sp³-hybridized carbons (Fsp3) is 0.526. The van der Waals surface area contributed by atoms with E-state index in [1.165, 1.54) is 0 Å². The molecule has 2 aromatic rings. The summed E-state index contributed by atoms with van der Waals surface area (Å²) >= 11 is 0. The maximum atomic E-state index is 5.45. The van der Waals surface area contributed by atoms with Gasteiger partial charge in [0.15, 0.2) is 11.8 Å². The summed E-state index contributed by atoms with van der Waals surface area (Å²) in [6, 6.07) is 7.95. The fourth-order valence-electron chi connectivity index (χ4n) is 2.83. The number of rotatable bonds is 7. The standard InChI is InChI=1S/C19H28N6O2/c1-14-23-24-18(25(14)2)12-22-19(21-11-16-8-9-27-13-16)20-10-15-4-6-17(26-3)7-5-15/h4-7,16H,8-13H2,1-3H3,(H2,20,21,22). The van der Waals surface area contributed by atoms with Crippen molar-refractivity contribution < 1.29 is 9.47 Å². The minimum absolute atomic E-state index is 0.523. The number of benzene rings is 1. The second-order valence-electron chi connectivity index (χ2n) is 6.70. The molecule has 146 valence electrons. The number of methoxy groups -OCH3 is 1. The molecular formula is C19H28N6O2. The summed E-state index contributed by atoms with van der Waals surface area (Å²) in [6.45, 7) is 5.57. The Hall–Kier alpha value is -2.61. The molecule has 1 aromatic heterocycles. The summed E-state index contributed by atoms with van der Waals surface area (Å²) in [5.41, 5.74) is 1.12. The van der Waals surface area contributed by atoms with Crippen LogP contribution in [0.15, 0.2) is 29.3 Å². The van der Waals surface area contributed by atoms with Gasteiger partial charge in [0.05, 0.1) is 26.8 Å². The number of hydrogen-bond acceptors (Lipinski definition) is 5. The first-order chi connectivity index (χ1) is 13.2. The van der Waals surface area contributed by atoms with Crippen LogP contribution in [0.3, 0.4) is 0 Å². The zero-order valence-corrected chi connectivity index (χ0v) is 16.2. The van der Waals surface area contributed by atoms with Crippen molar-refractivity contribution in [2.45, 2.75) is 26.4 Å². The number of nitrogens with one attached hydrogen (secondary N) is 2. The van der Waals surface area contributed by atoms with Gasteiger partial charge in [-0.05, 0) is 31.0 Å². The molecule has 0 aliphatic carbocycles. The summed E-state index contributed by atoms with van der Waals surface area (Å²) in [7, 11) is 3.63. The van der Waals surface area contributed by atoms with Crippen LogP contribution in [0.2, 0.25) is 0 Å². The van der Waals surface area contributed by atoms with Crippen molar-refractivity contribution >= 4 is 5.96 Å². The van der Waals surface area contributed by atoms with E-state index in [1.54, 1.807) is 7.11 Å². The molecule has 1 aliphatic heterocycles. The zero-order chi connectivity index (χ0) is 19.1. The summed E-state index contributed by atoms with van der Waals surface area (Å²) in [6.07, 6.45) is 1.08. The number of nitrogens with zero attached hydrogens (tertiary/aromatic N) is 4. The number of ether oxygens (including phenoxy) is 2. The molecule has 27 heavy (non-hydrogen) atoms. The van der Waals surface area contributed by atoms with Crippen LogP contribution >= 0.6 is 0 Å². The second kappa shape index (κ2) is 9.36. The Labute approximate surface area is 160 Å². The molecule has 0 saturated carbocycles. The molecular weight excluding hydrogens is 344 g/mol. The van der Waals surface area contributed by atoms with Gasteiger partial charge in [-0.15, -0.1) is 10.2 Å². The summed E-state index contributed by atoms with van der Waals surface area (Å²) < 4.78 is 12.6. The van der Waals surface area contributed by atoms with Crippen LogP contribution in [-0.2, 0) is 24.9 Å². The Kier molecular flexibility index (Phi) is 6.64. The highest BCUT2D eigenvalue weighted by molar-refractivity contribution is 5.79. The molecule has 1 unspecified atom stereocenters. The van der Waals surface area contributed by atoms with Crippen LogP contribution in [0.25, 0.3) is 0 Å². The van der Waals surface area contributed by atoms with E-state index < -0.39 is 0 Å². The molecule has 0 amide bonds. The van der Waals surface area contributed by atoms with Crippen molar-refractivity contribution in [3.63, 3.8) is 0 Å². The molecule has 2 heterocycles. The highest BCUT2D eigenvalue weighted by Gasteiger charge is 2.16. The Morgan fingerprint density at radius 2 is 2.11 bits per heavy atom. The van der Waals surface area contributed by atoms with Gasteiger partial charge < -0.3 is 24.7 Å². The van der Waals surface area contributed by atoms with E-state index in [-0.39, 0.29) is 0 Å². The molecule has 2 N–H and O–H groups in total. The van der Waals surface area contributed by atoms with E-state index in [4.69, 9.17) is 14.5 Å². The molecule has 8 nitrogen and oxygen atoms in total. The average Bonchev–Trinajstić information content (AvgIpc) is 3.33. The van der Waals surface area contributed by atoms with Crippen molar-refractivity contribution in [2.75, 3.05) is 26.9 Å². The third-order valence-electron chi connectivity index (χ3n) is 4.76. The number of aromatic nitrogens is 3. The van der Waals surface area contributed by atoms with Gasteiger partial charge in [-0.3, -0.25) is 0 Å². The van der Waals surface area contributed by atoms with Gasteiger partial charge in [0, 0.05) is 26.1 Å². The number of aryl methyl sites for hydroxylation is 1. The van der Waals surface area contributed by atoms with E-state index in [0.29, 0.717) is 19.0 Å². The lowest BCUT2D eigenvalue weighted by atomic mass is 10.1. The van der Waals surface area contributed by atoms with Crippen LogP contribution in [-0.4, -0.2) is 47.6 Å². The maximum Gasteiger partial charge on any atom is 0.191 e. The van der Waals surface area contributed by atoms with Gasteiger partial charge in [0.1, 0.15) is 11.6 Å². The molecule has 3 rings (SSSR count). The molecule has 1 aromatic carbocycles. The van der Waals surface area contributed by atoms with Crippen LogP contribution in [0.5, 0.6) is 5.75 Å². The minimum atomic E-state index is 0.523. The van der Waals surface area contributed by atoms with Crippen molar-refractivity contribution in [3.05, 3.63) is 41.5 Å². The van der Waals surface area contributed by atoms with Crippen LogP contribution in [0, 0.1) is 12.8 Å². The highest BCUT2D eigenvalue weighted by Crippen LogP contribution is 2.12. The first-order valence-corrected chi connectivity index (χ1v) is 9.23. The zero-order valence-electron chi connectivity index (χ0n) is 16.2. The van der Waals surface area contributed by atoms with E-state index in [1.807, 2.05) is 42.8 Å². The predicted octanol–water partition coefficient (Wildman–Crippen LogP) is 1.40. The van der Waals surface area contributed by atoms with Gasteiger partial charge in [0.2, 0.25) is 0 Å². The SMILES string of the molecule is COc1ccc(CN=C(NCc2nnc(C)n2C)NCC2CCOC2)cc1. The van der Waals surface area contributed by atoms with E-state index in [9.17, 15) is 0 Å². The number of guanidine groups is 1. The lowest BCUT2D eigenvalue weighted by Gasteiger charge is -2.15. The van der Waals surface area contributed by atoms with E-state index >= 15 is 0 Å². The van der Waals surface area contributed by atoms with Crippen molar-refractivity contribution in [3.8, 4) is 5.75 Å². The largest absolute Gasteiger partial charge is 0.497 e. The first kappa shape index (κ1) is 19.2. The van der Waals surface area contributed by atoms with Gasteiger partial charge in [0.25, 0.3) is 0 Å². The normalized spacial score (nSPS) is 17.1. The highest BCUT2D eigenvalue weighted by atomic mass is 16.5. The third kappa shape index (κ3) is 5.43. The predicted molar refractivity (Wildman–Crippen MR) is 104 cm³/mol. The van der Waals surface area contributed by atoms with Crippen molar-refractivity contribution in [2.24, 2.45) is 18.0 Å². The van der Waals surface area contributed by atoms with Gasteiger partial charge >= 0.3 is 0 Å². The molecule has 0 spiro atoms.